The summed E-state index contributed by atoms with van der Waals surface area (Å²) in [6.07, 6.45) is 5.14. The van der Waals surface area contributed by atoms with Crippen LogP contribution in [0.25, 0.3) is 0 Å². The van der Waals surface area contributed by atoms with Gasteiger partial charge in [-0.15, -0.1) is 0 Å². The van der Waals surface area contributed by atoms with Gasteiger partial charge in [0, 0.05) is 12.1 Å². The summed E-state index contributed by atoms with van der Waals surface area (Å²) in [5.74, 6) is -0.430. The van der Waals surface area contributed by atoms with Gasteiger partial charge in [0.15, 0.2) is 0 Å². The zero-order valence-electron chi connectivity index (χ0n) is 12.0. The van der Waals surface area contributed by atoms with Crippen molar-refractivity contribution in [2.45, 2.75) is 18.8 Å². The van der Waals surface area contributed by atoms with E-state index < -0.39 is 0 Å². The maximum Gasteiger partial charge on any atom is 0.123 e. The van der Waals surface area contributed by atoms with Crippen LogP contribution in [0.4, 0.5) is 8.78 Å². The molecule has 1 aromatic heterocycles. The molecular formula is C18H16F2N2. The molecule has 0 amide bonds. The summed E-state index contributed by atoms with van der Waals surface area (Å²) in [6, 6.07) is 13.0. The number of rotatable bonds is 5. The molecule has 0 aliphatic rings. The van der Waals surface area contributed by atoms with Crippen LogP contribution in [-0.2, 0) is 6.42 Å². The van der Waals surface area contributed by atoms with Gasteiger partial charge in [0.1, 0.15) is 11.6 Å². The summed E-state index contributed by atoms with van der Waals surface area (Å²) < 4.78 is 26.3. The van der Waals surface area contributed by atoms with E-state index in [9.17, 15) is 8.78 Å². The molecule has 2 nitrogen and oxygen atoms in total. The highest BCUT2D eigenvalue weighted by Gasteiger charge is 2.15. The molecule has 0 radical (unpaired) electrons. The molecule has 3 aromatic rings. The molecule has 0 bridgehead atoms. The summed E-state index contributed by atoms with van der Waals surface area (Å²) in [6.45, 7) is 0. The lowest BCUT2D eigenvalue weighted by atomic mass is 9.87. The molecule has 2 aromatic carbocycles. The zero-order valence-corrected chi connectivity index (χ0v) is 12.0. The number of imidazole rings is 1. The minimum Gasteiger partial charge on any atom is -0.351 e. The average Bonchev–Trinajstić information content (AvgIpc) is 3.04. The Kier molecular flexibility index (Phi) is 4.28. The quantitative estimate of drug-likeness (QED) is 0.740. The zero-order chi connectivity index (χ0) is 15.4. The number of halogens is 2. The monoisotopic (exact) mass is 298 g/mol. The van der Waals surface area contributed by atoms with E-state index in [1.54, 1.807) is 30.6 Å². The maximum absolute atomic E-state index is 13.2. The van der Waals surface area contributed by atoms with E-state index >= 15 is 0 Å². The van der Waals surface area contributed by atoms with Gasteiger partial charge in [0.05, 0.1) is 12.0 Å². The first-order chi connectivity index (χ1) is 10.7. The van der Waals surface area contributed by atoms with Crippen LogP contribution in [0, 0.1) is 11.6 Å². The summed E-state index contributed by atoms with van der Waals surface area (Å²) in [7, 11) is 0. The third kappa shape index (κ3) is 3.39. The van der Waals surface area contributed by atoms with E-state index in [-0.39, 0.29) is 17.6 Å². The SMILES string of the molecule is Fc1ccc(C(CCc2c[nH]cn2)c2ccc(F)cc2)cc1. The minimum atomic E-state index is -0.256. The predicted octanol–water partition coefficient (Wildman–Crippen LogP) is 4.45. The first kappa shape index (κ1) is 14.4. The van der Waals surface area contributed by atoms with Crippen LogP contribution in [-0.4, -0.2) is 9.97 Å². The Hall–Kier alpha value is -2.49. The van der Waals surface area contributed by atoms with Crippen LogP contribution in [0.1, 0.15) is 29.2 Å². The predicted molar refractivity (Wildman–Crippen MR) is 81.6 cm³/mol. The third-order valence-corrected chi connectivity index (χ3v) is 3.79. The number of benzene rings is 2. The molecule has 0 saturated heterocycles. The van der Waals surface area contributed by atoms with Gasteiger partial charge < -0.3 is 4.98 Å². The fourth-order valence-electron chi connectivity index (χ4n) is 2.64. The molecule has 0 saturated carbocycles. The Labute approximate surface area is 127 Å². The Balaban J connectivity index is 1.87. The van der Waals surface area contributed by atoms with E-state index in [1.807, 2.05) is 6.20 Å². The van der Waals surface area contributed by atoms with Gasteiger partial charge in [0.2, 0.25) is 0 Å². The van der Waals surface area contributed by atoms with Crippen molar-refractivity contribution < 1.29 is 8.78 Å². The second-order valence-electron chi connectivity index (χ2n) is 5.25. The van der Waals surface area contributed by atoms with Crippen molar-refractivity contribution in [2.24, 2.45) is 0 Å². The number of nitrogens with one attached hydrogen (secondary N) is 1. The lowest BCUT2D eigenvalue weighted by molar-refractivity contribution is 0.622. The Morgan fingerprint density at radius 2 is 1.41 bits per heavy atom. The number of aromatic amines is 1. The van der Waals surface area contributed by atoms with Crippen LogP contribution in [0.15, 0.2) is 61.1 Å². The number of hydrogen-bond donors (Lipinski definition) is 1. The molecule has 112 valence electrons. The summed E-state index contributed by atoms with van der Waals surface area (Å²) in [4.78, 5) is 7.17. The van der Waals surface area contributed by atoms with Crippen molar-refractivity contribution >= 4 is 0 Å². The van der Waals surface area contributed by atoms with Gasteiger partial charge in [-0.2, -0.15) is 0 Å². The average molecular weight is 298 g/mol. The number of hydrogen-bond acceptors (Lipinski definition) is 1. The van der Waals surface area contributed by atoms with Crippen molar-refractivity contribution in [3.8, 4) is 0 Å². The molecule has 22 heavy (non-hydrogen) atoms. The first-order valence-electron chi connectivity index (χ1n) is 7.21. The largest absolute Gasteiger partial charge is 0.351 e. The smallest absolute Gasteiger partial charge is 0.123 e. The Morgan fingerprint density at radius 3 is 1.86 bits per heavy atom. The molecule has 0 spiro atoms. The summed E-state index contributed by atoms with van der Waals surface area (Å²) >= 11 is 0. The molecular weight excluding hydrogens is 282 g/mol. The lowest BCUT2D eigenvalue weighted by Crippen LogP contribution is -2.04. The van der Waals surface area contributed by atoms with Gasteiger partial charge in [-0.25, -0.2) is 13.8 Å². The highest BCUT2D eigenvalue weighted by molar-refractivity contribution is 5.33. The fraction of sp³-hybridized carbons (Fsp3) is 0.167. The van der Waals surface area contributed by atoms with Crippen LogP contribution in [0.2, 0.25) is 0 Å². The maximum atomic E-state index is 13.2. The van der Waals surface area contributed by atoms with Gasteiger partial charge in [-0.05, 0) is 48.2 Å². The number of H-pyrrole nitrogens is 1. The van der Waals surface area contributed by atoms with Gasteiger partial charge in [-0.1, -0.05) is 24.3 Å². The fourth-order valence-corrected chi connectivity index (χ4v) is 2.64. The van der Waals surface area contributed by atoms with Gasteiger partial charge in [0.25, 0.3) is 0 Å². The van der Waals surface area contributed by atoms with Crippen LogP contribution < -0.4 is 0 Å². The van der Waals surface area contributed by atoms with Gasteiger partial charge in [-0.3, -0.25) is 0 Å². The van der Waals surface area contributed by atoms with Crippen molar-refractivity contribution in [3.63, 3.8) is 0 Å². The molecule has 0 aliphatic heterocycles. The molecule has 4 heteroatoms. The highest BCUT2D eigenvalue weighted by atomic mass is 19.1. The van der Waals surface area contributed by atoms with Crippen molar-refractivity contribution in [1.82, 2.24) is 9.97 Å². The lowest BCUT2D eigenvalue weighted by Gasteiger charge is -2.18. The van der Waals surface area contributed by atoms with Crippen LogP contribution >= 0.6 is 0 Å². The van der Waals surface area contributed by atoms with Crippen LogP contribution in [0.3, 0.4) is 0 Å². The molecule has 0 aliphatic carbocycles. The topological polar surface area (TPSA) is 28.7 Å². The van der Waals surface area contributed by atoms with Crippen molar-refractivity contribution in [2.75, 3.05) is 0 Å². The Morgan fingerprint density at radius 1 is 0.864 bits per heavy atom. The highest BCUT2D eigenvalue weighted by Crippen LogP contribution is 2.29. The summed E-state index contributed by atoms with van der Waals surface area (Å²) in [5.41, 5.74) is 3.02. The molecule has 1 heterocycles. The molecule has 3 rings (SSSR count). The van der Waals surface area contributed by atoms with E-state index in [1.165, 1.54) is 24.3 Å². The normalized spacial score (nSPS) is 11.0. The summed E-state index contributed by atoms with van der Waals surface area (Å²) in [5, 5.41) is 0. The van der Waals surface area contributed by atoms with E-state index in [2.05, 4.69) is 9.97 Å². The Bertz CT molecular complexity index is 658. The molecule has 0 fully saturated rings. The number of aromatic nitrogens is 2. The van der Waals surface area contributed by atoms with Crippen LogP contribution in [0.5, 0.6) is 0 Å². The van der Waals surface area contributed by atoms with E-state index in [0.717, 1.165) is 29.7 Å². The standard InChI is InChI=1S/C18H16F2N2/c19-15-5-1-13(2-6-15)18(10-9-17-11-21-12-22-17)14-3-7-16(20)8-4-14/h1-8,11-12,18H,9-10H2,(H,21,22). The second-order valence-corrected chi connectivity index (χ2v) is 5.25. The molecule has 0 atom stereocenters. The van der Waals surface area contributed by atoms with Crippen molar-refractivity contribution in [3.05, 3.63) is 89.5 Å². The molecule has 0 unspecified atom stereocenters. The van der Waals surface area contributed by atoms with E-state index in [0.29, 0.717) is 0 Å². The minimum absolute atomic E-state index is 0.0814. The molecule has 1 N–H and O–H groups in total. The second kappa shape index (κ2) is 6.52. The van der Waals surface area contributed by atoms with Gasteiger partial charge >= 0.3 is 0 Å². The number of nitrogens with zero attached hydrogens (tertiary/aromatic N) is 1. The van der Waals surface area contributed by atoms with Crippen molar-refractivity contribution in [1.29, 1.82) is 0 Å². The third-order valence-electron chi connectivity index (χ3n) is 3.79. The van der Waals surface area contributed by atoms with E-state index in [4.69, 9.17) is 0 Å². The first-order valence-corrected chi connectivity index (χ1v) is 7.21. The number of aryl methyl sites for hydroxylation is 1.